The molecule has 0 radical (unpaired) electrons. The number of carbonyl (C=O) groups excluding carboxylic acids is 1. The highest BCUT2D eigenvalue weighted by atomic mass is 19.4. The van der Waals surface area contributed by atoms with Crippen molar-refractivity contribution in [2.75, 3.05) is 11.9 Å². The minimum atomic E-state index is -4.88. The molecule has 0 aliphatic carbocycles. The van der Waals surface area contributed by atoms with Crippen LogP contribution in [0.1, 0.15) is 36.7 Å². The summed E-state index contributed by atoms with van der Waals surface area (Å²) in [5, 5.41) is 6.35. The summed E-state index contributed by atoms with van der Waals surface area (Å²) in [5.74, 6) is -2.22. The minimum Gasteiger partial charge on any atom is -0.334 e. The number of benzene rings is 2. The summed E-state index contributed by atoms with van der Waals surface area (Å²) in [6.07, 6.45) is -8.56. The van der Waals surface area contributed by atoms with Crippen LogP contribution < -0.4 is 5.32 Å². The Morgan fingerprint density at radius 2 is 1.86 bits per heavy atom. The van der Waals surface area contributed by atoms with Gasteiger partial charge in [0.2, 0.25) is 5.91 Å². The first kappa shape index (κ1) is 26.6. The van der Waals surface area contributed by atoms with E-state index in [0.717, 1.165) is 18.2 Å². The predicted octanol–water partition coefficient (Wildman–Crippen LogP) is 6.15. The topological polar surface area (TPSA) is 71.3 Å². The molecule has 1 aromatic heterocycles. The highest BCUT2D eigenvalue weighted by Gasteiger charge is 2.35. The lowest BCUT2D eigenvalue weighted by atomic mass is 9.90. The fourth-order valence-electron chi connectivity index (χ4n) is 4.20. The van der Waals surface area contributed by atoms with Crippen molar-refractivity contribution in [2.24, 2.45) is 5.92 Å². The number of alkyl halides is 6. The molecule has 198 valence electrons. The second kappa shape index (κ2) is 10.1. The van der Waals surface area contributed by atoms with Crippen LogP contribution >= 0.6 is 0 Å². The first-order valence-corrected chi connectivity index (χ1v) is 11.2. The summed E-state index contributed by atoms with van der Waals surface area (Å²) in [5.41, 5.74) is -2.32. The third-order valence-electron chi connectivity index (χ3n) is 6.17. The maximum absolute atomic E-state index is 13.5. The van der Waals surface area contributed by atoms with Crippen LogP contribution in [0.4, 0.5) is 36.4 Å². The van der Waals surface area contributed by atoms with Gasteiger partial charge in [-0.15, -0.1) is 0 Å². The molecular weight excluding hydrogens is 509 g/mol. The monoisotopic (exact) mass is 530 g/mol. The molecule has 2 aromatic carbocycles. The summed E-state index contributed by atoms with van der Waals surface area (Å²) in [6.45, 7) is 2.50. The fourth-order valence-corrected chi connectivity index (χ4v) is 4.20. The zero-order chi connectivity index (χ0) is 27.0. The number of carbonyl (C=O) groups is 1. The van der Waals surface area contributed by atoms with Crippen molar-refractivity contribution in [1.82, 2.24) is 15.0 Å². The molecule has 0 spiro atoms. The first-order valence-electron chi connectivity index (χ1n) is 11.2. The lowest BCUT2D eigenvalue weighted by Gasteiger charge is -2.36. The van der Waals surface area contributed by atoms with Gasteiger partial charge >= 0.3 is 12.4 Å². The van der Waals surface area contributed by atoms with E-state index in [2.05, 4.69) is 15.5 Å². The van der Waals surface area contributed by atoms with Gasteiger partial charge in [0.15, 0.2) is 5.82 Å². The molecule has 0 unspecified atom stereocenters. The molecule has 1 amide bonds. The number of hydrogen-bond donors (Lipinski definition) is 1. The van der Waals surface area contributed by atoms with E-state index in [1.165, 1.54) is 12.1 Å². The summed E-state index contributed by atoms with van der Waals surface area (Å²) in [4.78, 5) is 18.7. The van der Waals surface area contributed by atoms with Crippen molar-refractivity contribution in [3.8, 4) is 11.5 Å². The average Bonchev–Trinajstić information content (AvgIpc) is 3.28. The van der Waals surface area contributed by atoms with Crippen LogP contribution in [0.25, 0.3) is 11.5 Å². The number of rotatable bonds is 5. The smallest absolute Gasteiger partial charge is 0.334 e. The van der Waals surface area contributed by atoms with Gasteiger partial charge in [0.1, 0.15) is 5.82 Å². The van der Waals surface area contributed by atoms with Gasteiger partial charge in [-0.1, -0.05) is 11.2 Å². The van der Waals surface area contributed by atoms with Gasteiger partial charge in [0.05, 0.1) is 17.7 Å². The van der Waals surface area contributed by atoms with Crippen LogP contribution in [0.2, 0.25) is 0 Å². The summed E-state index contributed by atoms with van der Waals surface area (Å²) < 4.78 is 96.3. The lowest BCUT2D eigenvalue weighted by Crippen LogP contribution is -2.43. The van der Waals surface area contributed by atoms with Crippen molar-refractivity contribution >= 4 is 11.6 Å². The Morgan fingerprint density at radius 1 is 1.11 bits per heavy atom. The van der Waals surface area contributed by atoms with Crippen LogP contribution in [0.5, 0.6) is 0 Å². The SMILES string of the molecule is C[C@@H]1C[C@H](C(=O)Nc2cccc(C(F)(F)F)c2)CCN1Cc1noc(-c2ccc(F)c(C(F)(F)F)c2)n1. The minimum absolute atomic E-state index is 0.0590. The van der Waals surface area contributed by atoms with Gasteiger partial charge in [-0.05, 0) is 62.7 Å². The molecule has 4 rings (SSSR count). The second-order valence-corrected chi connectivity index (χ2v) is 8.82. The lowest BCUT2D eigenvalue weighted by molar-refractivity contribution is -0.140. The van der Waals surface area contributed by atoms with Gasteiger partial charge in [0, 0.05) is 23.2 Å². The van der Waals surface area contributed by atoms with Gasteiger partial charge in [-0.2, -0.15) is 31.3 Å². The van der Waals surface area contributed by atoms with Crippen LogP contribution in [0.15, 0.2) is 47.0 Å². The van der Waals surface area contributed by atoms with Crippen LogP contribution in [0.3, 0.4) is 0 Å². The molecule has 0 saturated carbocycles. The molecule has 2 heterocycles. The molecule has 13 heteroatoms. The Morgan fingerprint density at radius 3 is 2.54 bits per heavy atom. The van der Waals surface area contributed by atoms with E-state index in [9.17, 15) is 35.5 Å². The number of halogens is 7. The number of likely N-dealkylation sites (tertiary alicyclic amines) is 1. The number of hydrogen-bond acceptors (Lipinski definition) is 5. The van der Waals surface area contributed by atoms with Crippen LogP contribution in [0, 0.1) is 11.7 Å². The van der Waals surface area contributed by atoms with Crippen molar-refractivity contribution < 1.29 is 40.1 Å². The molecule has 3 aromatic rings. The van der Waals surface area contributed by atoms with Crippen LogP contribution in [-0.4, -0.2) is 33.5 Å². The zero-order valence-corrected chi connectivity index (χ0v) is 19.3. The van der Waals surface area contributed by atoms with Gasteiger partial charge < -0.3 is 9.84 Å². The van der Waals surface area contributed by atoms with E-state index in [0.29, 0.717) is 31.5 Å². The molecule has 2 atom stereocenters. The van der Waals surface area contributed by atoms with Crippen molar-refractivity contribution in [3.63, 3.8) is 0 Å². The molecule has 1 fully saturated rings. The summed E-state index contributed by atoms with van der Waals surface area (Å²) in [6, 6.07) is 6.67. The molecule has 0 bridgehead atoms. The third kappa shape index (κ3) is 6.27. The predicted molar refractivity (Wildman–Crippen MR) is 117 cm³/mol. The number of aromatic nitrogens is 2. The summed E-state index contributed by atoms with van der Waals surface area (Å²) >= 11 is 0. The number of nitrogens with zero attached hydrogens (tertiary/aromatic N) is 3. The Labute approximate surface area is 206 Å². The Balaban J connectivity index is 1.37. The normalized spacial score (nSPS) is 19.1. The average molecular weight is 530 g/mol. The number of anilines is 1. The van der Waals surface area contributed by atoms with Crippen LogP contribution in [-0.2, 0) is 23.7 Å². The highest BCUT2D eigenvalue weighted by molar-refractivity contribution is 5.92. The van der Waals surface area contributed by atoms with E-state index >= 15 is 0 Å². The number of nitrogens with one attached hydrogen (secondary N) is 1. The van der Waals surface area contributed by atoms with E-state index in [1.54, 1.807) is 0 Å². The Kier molecular flexibility index (Phi) is 7.27. The largest absolute Gasteiger partial charge is 0.419 e. The fraction of sp³-hybridized carbons (Fsp3) is 0.375. The third-order valence-corrected chi connectivity index (χ3v) is 6.17. The standard InChI is InChI=1S/C24H21F7N4O2/c1-13-9-14(21(36)32-17-4-2-3-16(11-17)23(26,27)28)7-8-35(13)12-20-33-22(37-34-20)15-5-6-19(25)18(10-15)24(29,30)31/h2-6,10-11,13-14H,7-9,12H2,1H3,(H,32,36)/t13-,14-/m1/s1. The zero-order valence-electron chi connectivity index (χ0n) is 19.3. The first-order chi connectivity index (χ1) is 17.3. The van der Waals surface area contributed by atoms with Crippen molar-refractivity contribution in [1.29, 1.82) is 0 Å². The maximum Gasteiger partial charge on any atom is 0.419 e. The maximum atomic E-state index is 13.5. The Hall–Kier alpha value is -3.48. The molecule has 1 N–H and O–H groups in total. The van der Waals surface area contributed by atoms with Gasteiger partial charge in [-0.3, -0.25) is 9.69 Å². The molecule has 1 saturated heterocycles. The van der Waals surface area contributed by atoms with E-state index in [-0.39, 0.29) is 41.5 Å². The van der Waals surface area contributed by atoms with Crippen molar-refractivity contribution in [2.45, 2.75) is 44.7 Å². The quantitative estimate of drug-likeness (QED) is 0.401. The summed E-state index contributed by atoms with van der Waals surface area (Å²) in [7, 11) is 0. The number of piperidine rings is 1. The molecule has 1 aliphatic heterocycles. The second-order valence-electron chi connectivity index (χ2n) is 8.82. The molecular formula is C24H21F7N4O2. The Bertz CT molecular complexity index is 1270. The molecule has 6 nitrogen and oxygen atoms in total. The van der Waals surface area contributed by atoms with E-state index in [4.69, 9.17) is 4.52 Å². The number of amides is 1. The van der Waals surface area contributed by atoms with E-state index in [1.807, 2.05) is 11.8 Å². The van der Waals surface area contributed by atoms with Gasteiger partial charge in [-0.25, -0.2) is 4.39 Å². The molecule has 37 heavy (non-hydrogen) atoms. The molecule has 1 aliphatic rings. The highest BCUT2D eigenvalue weighted by Crippen LogP contribution is 2.34. The van der Waals surface area contributed by atoms with E-state index < -0.39 is 35.2 Å². The van der Waals surface area contributed by atoms with Gasteiger partial charge in [0.25, 0.3) is 5.89 Å². The van der Waals surface area contributed by atoms with Crippen molar-refractivity contribution in [3.05, 3.63) is 65.2 Å².